The molecule has 0 saturated heterocycles. The molecule has 1 nitrogen and oxygen atoms in total. The quantitative estimate of drug-likeness (QED) is 0.172. The summed E-state index contributed by atoms with van der Waals surface area (Å²) in [5.41, 5.74) is -0.237. The van der Waals surface area contributed by atoms with E-state index in [2.05, 4.69) is 0 Å². The van der Waals surface area contributed by atoms with Crippen LogP contribution in [0.25, 0.3) is 55.3 Å². The van der Waals surface area contributed by atoms with Crippen molar-refractivity contribution in [1.82, 2.24) is 0 Å². The Morgan fingerprint density at radius 1 is 0.440 bits per heavy atom. The molecule has 0 fully saturated rings. The fourth-order valence-corrected chi connectivity index (χ4v) is 6.80. The minimum absolute atomic E-state index is 0.0933. The first-order valence-corrected chi connectivity index (χ1v) is 16.1. The Morgan fingerprint density at radius 3 is 1.84 bits per heavy atom. The molecule has 8 aromatic rings. The highest BCUT2D eigenvalue weighted by Gasteiger charge is 2.37. The van der Waals surface area contributed by atoms with Gasteiger partial charge in [-0.1, -0.05) is 159 Å². The van der Waals surface area contributed by atoms with Gasteiger partial charge in [0, 0.05) is 22.5 Å². The lowest BCUT2D eigenvalue weighted by Gasteiger charge is -2.27. The Labute approximate surface area is 318 Å². The Bertz CT molecular complexity index is 3400. The third-order valence-corrected chi connectivity index (χ3v) is 9.14. The van der Waals surface area contributed by atoms with Crippen molar-refractivity contribution in [2.45, 2.75) is 19.3 Å². The van der Waals surface area contributed by atoms with Gasteiger partial charge in [-0.25, -0.2) is 0 Å². The third-order valence-electron chi connectivity index (χ3n) is 9.14. The normalized spacial score (nSPS) is 17.5. The molecule has 0 aromatic heterocycles. The monoisotopic (exact) mass is 656 g/mol. The van der Waals surface area contributed by atoms with Crippen molar-refractivity contribution in [3.05, 3.63) is 199 Å². The lowest BCUT2D eigenvalue weighted by molar-refractivity contribution is 0.662. The largest absolute Gasteiger partial charge is 0.310 e. The lowest BCUT2D eigenvalue weighted by atomic mass is 9.79. The van der Waals surface area contributed by atoms with E-state index in [1.165, 1.54) is 0 Å². The first-order chi connectivity index (χ1) is 31.6. The van der Waals surface area contributed by atoms with Crippen molar-refractivity contribution < 1.29 is 23.3 Å². The van der Waals surface area contributed by atoms with Crippen LogP contribution >= 0.6 is 0 Å². The molecule has 1 aliphatic rings. The molecule has 0 aliphatic heterocycles. The fourth-order valence-electron chi connectivity index (χ4n) is 6.80. The van der Waals surface area contributed by atoms with Crippen LogP contribution in [-0.2, 0) is 5.41 Å². The van der Waals surface area contributed by atoms with Crippen molar-refractivity contribution in [3.63, 3.8) is 0 Å². The summed E-state index contributed by atoms with van der Waals surface area (Å²) in [5.74, 6) is 0. The maximum atomic E-state index is 9.76. The highest BCUT2D eigenvalue weighted by molar-refractivity contribution is 5.90. The topological polar surface area (TPSA) is 3.24 Å². The van der Waals surface area contributed by atoms with Crippen LogP contribution in [0.1, 0.15) is 48.3 Å². The molecule has 0 N–H and O–H groups in total. The Balaban J connectivity index is 1.39. The van der Waals surface area contributed by atoms with Crippen LogP contribution in [-0.4, -0.2) is 0 Å². The number of rotatable bonds is 6. The average Bonchev–Trinajstić information content (AvgIpc) is 3.55. The van der Waals surface area contributed by atoms with E-state index in [0.29, 0.717) is 10.9 Å². The molecule has 0 heterocycles. The molecule has 238 valence electrons. The van der Waals surface area contributed by atoms with Crippen LogP contribution in [0.15, 0.2) is 188 Å². The van der Waals surface area contributed by atoms with Gasteiger partial charge in [0.15, 0.2) is 0 Å². The van der Waals surface area contributed by atoms with Crippen LogP contribution in [0, 0.1) is 0 Å². The number of hydrogen-bond donors (Lipinski definition) is 0. The molecule has 1 aliphatic carbocycles. The zero-order valence-corrected chi connectivity index (χ0v) is 27.0. The van der Waals surface area contributed by atoms with E-state index in [1.54, 1.807) is 42.5 Å². The standard InChI is InChI=1S/C49H37N/c1-49(2)47-21-9-8-18-45(47)46-20-11-19-44(48(46)49)37-26-30-42(31-27-37)50(41-28-24-36(25-29-41)34-12-4-3-5-13-34)43-17-10-16-39(33-43)40-23-22-35-14-6-7-15-38(35)32-40/h3-33H,1-2H3/i3D,4D,5D,10D,12D,13D,16D,17D,24D,25D,26D,27D,28D,29D,30D,31D,33D. The van der Waals surface area contributed by atoms with Crippen molar-refractivity contribution in [2.24, 2.45) is 0 Å². The van der Waals surface area contributed by atoms with Gasteiger partial charge in [0.1, 0.15) is 0 Å². The molecular formula is C49H37N. The number of anilines is 3. The molecule has 1 heteroatoms. The fraction of sp³-hybridized carbons (Fsp3) is 0.0612. The van der Waals surface area contributed by atoms with E-state index in [0.717, 1.165) is 32.5 Å². The smallest absolute Gasteiger partial charge is 0.0651 e. The Morgan fingerprint density at radius 2 is 1.06 bits per heavy atom. The van der Waals surface area contributed by atoms with Gasteiger partial charge in [-0.3, -0.25) is 0 Å². The van der Waals surface area contributed by atoms with Gasteiger partial charge in [-0.15, -0.1) is 0 Å². The molecule has 8 aromatic carbocycles. The summed E-state index contributed by atoms with van der Waals surface area (Å²) >= 11 is 0. The summed E-state index contributed by atoms with van der Waals surface area (Å²) in [7, 11) is 0. The molecule has 0 spiro atoms. The van der Waals surface area contributed by atoms with E-state index in [1.807, 2.05) is 56.3 Å². The van der Waals surface area contributed by atoms with Gasteiger partial charge in [0.05, 0.1) is 23.3 Å². The molecule has 0 radical (unpaired) electrons. The van der Waals surface area contributed by atoms with E-state index in [9.17, 15) is 13.7 Å². The maximum absolute atomic E-state index is 9.76. The van der Waals surface area contributed by atoms with Gasteiger partial charge in [0.2, 0.25) is 0 Å². The van der Waals surface area contributed by atoms with Gasteiger partial charge in [0.25, 0.3) is 0 Å². The number of fused-ring (bicyclic) bond motifs is 4. The summed E-state index contributed by atoms with van der Waals surface area (Å²) in [6.45, 7) is 3.99. The van der Waals surface area contributed by atoms with Gasteiger partial charge < -0.3 is 4.90 Å². The molecule has 50 heavy (non-hydrogen) atoms. The summed E-state index contributed by atoms with van der Waals surface area (Å²) in [6, 6.07) is 12.2. The SMILES string of the molecule is [2H]c1c([2H])c([2H])c(-c2c([2H])c([2H])c(N(c3c([2H])c([2H])c(-c4cccc5c4C(C)(C)c4ccccc4-5)c([2H])c3[2H])c3c([2H])c([2H])c([2H])c(-c4ccc5ccccc5c4)c3[2H])c([2H])c2[2H])c([2H])c1[2H]. The highest BCUT2D eigenvalue weighted by Crippen LogP contribution is 2.52. The van der Waals surface area contributed by atoms with E-state index in [4.69, 9.17) is 9.60 Å². The minimum atomic E-state index is -0.961. The maximum Gasteiger partial charge on any atom is 0.0651 e. The van der Waals surface area contributed by atoms with Gasteiger partial charge in [-0.2, -0.15) is 0 Å². The second-order valence-electron chi connectivity index (χ2n) is 12.5. The van der Waals surface area contributed by atoms with E-state index in [-0.39, 0.29) is 16.7 Å². The molecule has 0 saturated carbocycles. The summed E-state index contributed by atoms with van der Waals surface area (Å²) in [4.78, 5) is 0.735. The summed E-state index contributed by atoms with van der Waals surface area (Å²) in [5, 5.41) is 1.52. The Kier molecular flexibility index (Phi) is 4.09. The van der Waals surface area contributed by atoms with Crippen LogP contribution < -0.4 is 4.90 Å². The summed E-state index contributed by atoms with van der Waals surface area (Å²) in [6.07, 6.45) is 0. The van der Waals surface area contributed by atoms with Gasteiger partial charge in [-0.05, 0) is 109 Å². The molecule has 9 rings (SSSR count). The molecule has 0 bridgehead atoms. The molecule has 0 unspecified atom stereocenters. The predicted octanol–water partition coefficient (Wildman–Crippen LogP) is 13.6. The van der Waals surface area contributed by atoms with Crippen LogP contribution in [0.4, 0.5) is 17.1 Å². The van der Waals surface area contributed by atoms with Crippen LogP contribution in [0.3, 0.4) is 0 Å². The van der Waals surface area contributed by atoms with Crippen LogP contribution in [0.5, 0.6) is 0 Å². The molecule has 0 amide bonds. The molecule has 0 atom stereocenters. The highest BCUT2D eigenvalue weighted by atomic mass is 15.1. The predicted molar refractivity (Wildman–Crippen MR) is 213 cm³/mol. The average molecular weight is 657 g/mol. The first-order valence-electron chi connectivity index (χ1n) is 24.6. The van der Waals surface area contributed by atoms with E-state index < -0.39 is 136 Å². The second kappa shape index (κ2) is 12.1. The number of hydrogen-bond acceptors (Lipinski definition) is 1. The summed E-state index contributed by atoms with van der Waals surface area (Å²) < 4.78 is 155. The van der Waals surface area contributed by atoms with Crippen molar-refractivity contribution >= 4 is 27.8 Å². The number of benzene rings is 8. The molecular weight excluding hydrogens is 603 g/mol. The Hall–Kier alpha value is -6.18. The minimum Gasteiger partial charge on any atom is -0.310 e. The number of nitrogens with zero attached hydrogens (tertiary/aromatic N) is 1. The van der Waals surface area contributed by atoms with Crippen molar-refractivity contribution in [2.75, 3.05) is 4.90 Å². The van der Waals surface area contributed by atoms with Gasteiger partial charge >= 0.3 is 0 Å². The lowest BCUT2D eigenvalue weighted by Crippen LogP contribution is -2.16. The third kappa shape index (κ3) is 5.11. The van der Waals surface area contributed by atoms with Crippen molar-refractivity contribution in [1.29, 1.82) is 0 Å². The first kappa shape index (κ1) is 17.0. The zero-order chi connectivity index (χ0) is 48.5. The van der Waals surface area contributed by atoms with Crippen LogP contribution in [0.2, 0.25) is 0 Å². The van der Waals surface area contributed by atoms with Crippen molar-refractivity contribution in [3.8, 4) is 44.5 Å². The zero-order valence-electron chi connectivity index (χ0n) is 44.0. The second-order valence-corrected chi connectivity index (χ2v) is 12.5. The van der Waals surface area contributed by atoms with E-state index >= 15 is 0 Å².